The van der Waals surface area contributed by atoms with E-state index in [0.29, 0.717) is 12.8 Å². The van der Waals surface area contributed by atoms with Crippen LogP contribution in [0, 0.1) is 0 Å². The average molecular weight is 332 g/mol. The third kappa shape index (κ3) is 7.50. The zero-order chi connectivity index (χ0) is 14.2. The van der Waals surface area contributed by atoms with Gasteiger partial charge in [-0.1, -0.05) is 57.9 Å². The number of amides is 1. The number of rotatable bonds is 3. The molecule has 0 saturated carbocycles. The Bertz CT molecular complexity index is 402. The van der Waals surface area contributed by atoms with Gasteiger partial charge in [0.1, 0.15) is 0 Å². The first kappa shape index (κ1) is 17.2. The summed E-state index contributed by atoms with van der Waals surface area (Å²) < 4.78 is 1.98. The Labute approximate surface area is 122 Å². The minimum absolute atomic E-state index is 0.0311. The summed E-state index contributed by atoms with van der Waals surface area (Å²) in [5.41, 5.74) is 2.48. The van der Waals surface area contributed by atoms with Crippen molar-refractivity contribution in [1.29, 1.82) is 0 Å². The number of halogens is 1. The quantitative estimate of drug-likeness (QED) is 0.508. The SMILES string of the molecule is CC(C)(C)c1cccc(CC(=O)Br)c1.O=CNS. The van der Waals surface area contributed by atoms with Gasteiger partial charge >= 0.3 is 0 Å². The van der Waals surface area contributed by atoms with Gasteiger partial charge in [-0.05, 0) is 32.5 Å². The van der Waals surface area contributed by atoms with Gasteiger partial charge in [0.2, 0.25) is 11.1 Å². The zero-order valence-electron chi connectivity index (χ0n) is 10.7. The van der Waals surface area contributed by atoms with Gasteiger partial charge in [0, 0.05) is 6.42 Å². The Balaban J connectivity index is 0.000000631. The second kappa shape index (κ2) is 8.32. The summed E-state index contributed by atoms with van der Waals surface area (Å²) >= 11 is 6.25. The first-order valence-corrected chi connectivity index (χ1v) is 6.66. The lowest BCUT2D eigenvalue weighted by atomic mass is 9.86. The van der Waals surface area contributed by atoms with E-state index in [1.165, 1.54) is 5.56 Å². The third-order valence-electron chi connectivity index (χ3n) is 2.19. The number of carbonyl (C=O) groups is 2. The molecule has 1 N–H and O–H groups in total. The molecule has 1 rings (SSSR count). The second-order valence-corrected chi connectivity index (χ2v) is 5.87. The van der Waals surface area contributed by atoms with Crippen LogP contribution in [0.3, 0.4) is 0 Å². The van der Waals surface area contributed by atoms with E-state index in [9.17, 15) is 4.79 Å². The monoisotopic (exact) mass is 331 g/mol. The van der Waals surface area contributed by atoms with Gasteiger partial charge in [-0.2, -0.15) is 0 Å². The molecule has 0 bridgehead atoms. The lowest BCUT2D eigenvalue weighted by Crippen LogP contribution is -2.11. The lowest BCUT2D eigenvalue weighted by molar-refractivity contribution is -0.110. The normalized spacial score (nSPS) is 10.1. The molecule has 0 aliphatic heterocycles. The van der Waals surface area contributed by atoms with Crippen LogP contribution < -0.4 is 4.72 Å². The first-order chi connectivity index (χ1) is 8.31. The highest BCUT2D eigenvalue weighted by molar-refractivity contribution is 9.18. The number of hydrogen-bond acceptors (Lipinski definition) is 3. The summed E-state index contributed by atoms with van der Waals surface area (Å²) in [4.78, 5) is 19.9. The van der Waals surface area contributed by atoms with Gasteiger partial charge in [-0.15, -0.1) is 0 Å². The van der Waals surface area contributed by atoms with Crippen LogP contribution in [0.5, 0.6) is 0 Å². The third-order valence-corrected chi connectivity index (χ3v) is 2.57. The molecule has 0 aliphatic carbocycles. The summed E-state index contributed by atoms with van der Waals surface area (Å²) in [6.45, 7) is 6.51. The van der Waals surface area contributed by atoms with Crippen LogP contribution in [0.15, 0.2) is 24.3 Å². The first-order valence-electron chi connectivity index (χ1n) is 5.42. The fourth-order valence-electron chi connectivity index (χ4n) is 1.31. The van der Waals surface area contributed by atoms with Gasteiger partial charge in [0.15, 0.2) is 0 Å². The van der Waals surface area contributed by atoms with Crippen LogP contribution in [0.4, 0.5) is 0 Å². The number of hydrogen-bond donors (Lipinski definition) is 2. The molecule has 0 saturated heterocycles. The molecular weight excluding hydrogens is 314 g/mol. The Kier molecular flexibility index (Phi) is 7.95. The van der Waals surface area contributed by atoms with E-state index in [-0.39, 0.29) is 10.1 Å². The number of benzene rings is 1. The maximum absolute atomic E-state index is 10.9. The smallest absolute Gasteiger partial charge is 0.216 e. The summed E-state index contributed by atoms with van der Waals surface area (Å²) in [5.74, 6) is 0. The fourth-order valence-corrected chi connectivity index (χ4v) is 1.63. The Morgan fingerprint density at radius 2 is 2.00 bits per heavy atom. The maximum Gasteiger partial charge on any atom is 0.216 e. The molecule has 0 atom stereocenters. The standard InChI is InChI=1S/C12H15BrO.CH3NOS/c1-12(2,3)10-6-4-5-9(7-10)8-11(13)14;3-1-2-4/h4-7H,8H2,1-3H3;1,4H,(H,2,3). The van der Waals surface area contributed by atoms with E-state index >= 15 is 0 Å². The van der Waals surface area contributed by atoms with Crippen molar-refractivity contribution in [1.82, 2.24) is 4.72 Å². The van der Waals surface area contributed by atoms with Crippen LogP contribution in [-0.2, 0) is 21.4 Å². The van der Waals surface area contributed by atoms with Crippen LogP contribution in [0.2, 0.25) is 0 Å². The van der Waals surface area contributed by atoms with Crippen LogP contribution in [-0.4, -0.2) is 11.1 Å². The lowest BCUT2D eigenvalue weighted by Gasteiger charge is -2.19. The predicted octanol–water partition coefficient (Wildman–Crippen LogP) is 3.03. The highest BCUT2D eigenvalue weighted by Gasteiger charge is 2.13. The summed E-state index contributed by atoms with van der Waals surface area (Å²) in [5, 5.41) is 0. The predicted molar refractivity (Wildman–Crippen MR) is 81.0 cm³/mol. The van der Waals surface area contributed by atoms with Crippen LogP contribution >= 0.6 is 28.7 Å². The number of thiol groups is 1. The Morgan fingerprint density at radius 3 is 2.39 bits per heavy atom. The van der Waals surface area contributed by atoms with Gasteiger partial charge in [-0.25, -0.2) is 0 Å². The molecule has 1 amide bonds. The van der Waals surface area contributed by atoms with E-state index in [0.717, 1.165) is 5.56 Å². The largest absolute Gasteiger partial charge is 0.305 e. The summed E-state index contributed by atoms with van der Waals surface area (Å²) in [6.07, 6.45) is 0.951. The van der Waals surface area contributed by atoms with Crippen molar-refractivity contribution in [3.63, 3.8) is 0 Å². The molecule has 0 radical (unpaired) electrons. The summed E-state index contributed by atoms with van der Waals surface area (Å²) in [6, 6.07) is 8.18. The van der Waals surface area contributed by atoms with Crippen molar-refractivity contribution in [3.05, 3.63) is 35.4 Å². The second-order valence-electron chi connectivity index (χ2n) is 4.73. The molecule has 18 heavy (non-hydrogen) atoms. The molecule has 1 aromatic carbocycles. The van der Waals surface area contributed by atoms with Crippen molar-refractivity contribution < 1.29 is 9.59 Å². The van der Waals surface area contributed by atoms with Gasteiger partial charge in [0.05, 0.1) is 0 Å². The molecule has 0 aliphatic rings. The van der Waals surface area contributed by atoms with Crippen molar-refractivity contribution in [2.75, 3.05) is 0 Å². The topological polar surface area (TPSA) is 46.2 Å². The number of carbonyl (C=O) groups excluding carboxylic acids is 2. The zero-order valence-corrected chi connectivity index (χ0v) is 13.2. The van der Waals surface area contributed by atoms with E-state index in [4.69, 9.17) is 4.79 Å². The highest BCUT2D eigenvalue weighted by atomic mass is 79.9. The molecule has 0 fully saturated rings. The minimum Gasteiger partial charge on any atom is -0.305 e. The van der Waals surface area contributed by atoms with Crippen molar-refractivity contribution >= 4 is 39.8 Å². The molecule has 0 spiro atoms. The highest BCUT2D eigenvalue weighted by Crippen LogP contribution is 2.23. The molecule has 0 heterocycles. The molecule has 0 unspecified atom stereocenters. The van der Waals surface area contributed by atoms with Gasteiger partial charge in [-0.3, -0.25) is 9.59 Å². The molecule has 0 aromatic heterocycles. The van der Waals surface area contributed by atoms with Gasteiger partial charge in [0.25, 0.3) is 0 Å². The molecule has 1 aromatic rings. The van der Waals surface area contributed by atoms with E-state index in [1.807, 2.05) is 16.9 Å². The summed E-state index contributed by atoms with van der Waals surface area (Å²) in [7, 11) is 0. The van der Waals surface area contributed by atoms with Gasteiger partial charge < -0.3 is 4.72 Å². The number of nitrogens with one attached hydrogen (secondary N) is 1. The average Bonchev–Trinajstić information content (AvgIpc) is 2.28. The molecule has 3 nitrogen and oxygen atoms in total. The van der Waals surface area contributed by atoms with E-state index in [1.54, 1.807) is 0 Å². The van der Waals surface area contributed by atoms with Crippen molar-refractivity contribution in [2.45, 2.75) is 32.6 Å². The van der Waals surface area contributed by atoms with E-state index in [2.05, 4.69) is 61.6 Å². The molecule has 100 valence electrons. The molecular formula is C13H18BrNO2S. The van der Waals surface area contributed by atoms with Crippen LogP contribution in [0.25, 0.3) is 0 Å². The minimum atomic E-state index is 0.0311. The van der Waals surface area contributed by atoms with E-state index < -0.39 is 0 Å². The van der Waals surface area contributed by atoms with Crippen LogP contribution in [0.1, 0.15) is 31.9 Å². The fraction of sp³-hybridized carbons (Fsp3) is 0.385. The van der Waals surface area contributed by atoms with Crippen molar-refractivity contribution in [3.8, 4) is 0 Å². The van der Waals surface area contributed by atoms with Crippen molar-refractivity contribution in [2.24, 2.45) is 0 Å². The maximum atomic E-state index is 10.9. The molecule has 5 heteroatoms. The Hall–Kier alpha value is -0.810. The Morgan fingerprint density at radius 1 is 1.44 bits per heavy atom.